The molecule has 13 atom stereocenters. The van der Waals surface area contributed by atoms with Crippen molar-refractivity contribution in [2.45, 2.75) is 79.9 Å². The lowest BCUT2D eigenvalue weighted by Gasteiger charge is -2.42. The van der Waals surface area contributed by atoms with Crippen LogP contribution in [0.5, 0.6) is 0 Å². The summed E-state index contributed by atoms with van der Waals surface area (Å²) in [4.78, 5) is 0. The van der Waals surface area contributed by atoms with Crippen LogP contribution < -0.4 is 0 Å². The van der Waals surface area contributed by atoms with Crippen molar-refractivity contribution in [2.24, 2.45) is 0 Å². The molecule has 3 rings (SSSR count). The lowest BCUT2D eigenvalue weighted by molar-refractivity contribution is -0.337. The molecule has 3 heterocycles. The molecule has 176 valence electrons. The molecular formula is C16H28O14. The van der Waals surface area contributed by atoms with E-state index in [4.69, 9.17) is 23.7 Å². The Hall–Kier alpha value is -0.560. The zero-order valence-corrected chi connectivity index (χ0v) is 15.7. The van der Waals surface area contributed by atoms with Crippen LogP contribution in [-0.2, 0) is 23.7 Å². The van der Waals surface area contributed by atoms with Crippen molar-refractivity contribution >= 4 is 0 Å². The Balaban J connectivity index is 1.50. The molecule has 0 aromatic carbocycles. The number of ether oxygens (including phenoxy) is 5. The first-order valence-electron chi connectivity index (χ1n) is 9.40. The van der Waals surface area contributed by atoms with Gasteiger partial charge in [-0.1, -0.05) is 0 Å². The normalized spacial score (nSPS) is 52.9. The van der Waals surface area contributed by atoms with Crippen molar-refractivity contribution < 1.29 is 69.6 Å². The number of aliphatic hydroxyl groups excluding tert-OH is 9. The van der Waals surface area contributed by atoms with Gasteiger partial charge in [0.25, 0.3) is 0 Å². The van der Waals surface area contributed by atoms with E-state index in [9.17, 15) is 46.0 Å². The third-order valence-corrected chi connectivity index (χ3v) is 5.31. The summed E-state index contributed by atoms with van der Waals surface area (Å²) in [6.07, 6.45) is -19.5. The van der Waals surface area contributed by atoms with Gasteiger partial charge in [0, 0.05) is 0 Å². The molecule has 0 aliphatic carbocycles. The Kier molecular flexibility index (Phi) is 7.97. The van der Waals surface area contributed by atoms with Gasteiger partial charge in [-0.05, 0) is 0 Å². The Bertz CT molecular complexity index is 552. The zero-order chi connectivity index (χ0) is 22.2. The maximum Gasteiger partial charge on any atom is 0.186 e. The van der Waals surface area contributed by atoms with Crippen LogP contribution in [0.25, 0.3) is 0 Å². The zero-order valence-electron chi connectivity index (χ0n) is 15.7. The minimum Gasteiger partial charge on any atom is -0.388 e. The molecule has 0 amide bonds. The highest BCUT2D eigenvalue weighted by molar-refractivity contribution is 4.90. The van der Waals surface area contributed by atoms with E-state index in [0.29, 0.717) is 0 Å². The second-order valence-corrected chi connectivity index (χ2v) is 7.48. The van der Waals surface area contributed by atoms with Crippen LogP contribution in [0.15, 0.2) is 0 Å². The number of aliphatic hydroxyl groups is 9. The maximum atomic E-state index is 10.3. The van der Waals surface area contributed by atoms with Crippen molar-refractivity contribution in [1.82, 2.24) is 0 Å². The van der Waals surface area contributed by atoms with Crippen LogP contribution in [-0.4, -0.2) is 146 Å². The van der Waals surface area contributed by atoms with Crippen LogP contribution in [0.1, 0.15) is 0 Å². The molecular weight excluding hydrogens is 416 g/mol. The summed E-state index contributed by atoms with van der Waals surface area (Å²) in [7, 11) is 0. The van der Waals surface area contributed by atoms with Crippen molar-refractivity contribution in [3.8, 4) is 0 Å². The average Bonchev–Trinajstić information content (AvgIpc) is 2.72. The van der Waals surface area contributed by atoms with Gasteiger partial charge in [0.1, 0.15) is 61.0 Å². The summed E-state index contributed by atoms with van der Waals surface area (Å²) >= 11 is 0. The van der Waals surface area contributed by atoms with Gasteiger partial charge < -0.3 is 69.6 Å². The highest BCUT2D eigenvalue weighted by Crippen LogP contribution is 2.25. The van der Waals surface area contributed by atoms with Crippen LogP contribution >= 0.6 is 0 Å². The molecule has 0 bridgehead atoms. The SMILES string of the molecule is OC1O[C@H](CO[C@H]2OC[C@@H](O[C@H]3OC[C@@H](O)[C@H](O)[C@H]3O)[C@H](O)[C@H]2O)[C@@H](O)[C@H](O)[C@H]1O. The van der Waals surface area contributed by atoms with Gasteiger partial charge in [-0.25, -0.2) is 0 Å². The van der Waals surface area contributed by atoms with E-state index in [0.717, 1.165) is 0 Å². The molecule has 14 nitrogen and oxygen atoms in total. The smallest absolute Gasteiger partial charge is 0.186 e. The van der Waals surface area contributed by atoms with Crippen LogP contribution in [0, 0.1) is 0 Å². The Morgan fingerprint density at radius 2 is 1.27 bits per heavy atom. The van der Waals surface area contributed by atoms with Crippen molar-refractivity contribution in [2.75, 3.05) is 19.8 Å². The summed E-state index contributed by atoms with van der Waals surface area (Å²) < 4.78 is 25.9. The van der Waals surface area contributed by atoms with Gasteiger partial charge in [-0.3, -0.25) is 0 Å². The third kappa shape index (κ3) is 4.92. The van der Waals surface area contributed by atoms with Crippen molar-refractivity contribution in [3.63, 3.8) is 0 Å². The molecule has 0 radical (unpaired) electrons. The summed E-state index contributed by atoms with van der Waals surface area (Å²) in [5.41, 5.74) is 0. The first kappa shape index (κ1) is 24.1. The van der Waals surface area contributed by atoms with Gasteiger partial charge in [-0.2, -0.15) is 0 Å². The Morgan fingerprint density at radius 1 is 0.633 bits per heavy atom. The predicted octanol–water partition coefficient (Wildman–Crippen LogP) is -6.29. The van der Waals surface area contributed by atoms with E-state index in [-0.39, 0.29) is 13.2 Å². The fourth-order valence-corrected chi connectivity index (χ4v) is 3.36. The quantitative estimate of drug-likeness (QED) is 0.192. The van der Waals surface area contributed by atoms with Gasteiger partial charge in [0.15, 0.2) is 18.9 Å². The fourth-order valence-electron chi connectivity index (χ4n) is 3.36. The van der Waals surface area contributed by atoms with Crippen LogP contribution in [0.2, 0.25) is 0 Å². The second-order valence-electron chi connectivity index (χ2n) is 7.48. The van der Waals surface area contributed by atoms with E-state index in [1.54, 1.807) is 0 Å². The number of hydrogen-bond donors (Lipinski definition) is 9. The summed E-state index contributed by atoms with van der Waals surface area (Å²) in [5.74, 6) is 0. The van der Waals surface area contributed by atoms with Crippen molar-refractivity contribution in [1.29, 1.82) is 0 Å². The minimum atomic E-state index is -1.76. The molecule has 1 unspecified atom stereocenters. The molecule has 0 spiro atoms. The lowest BCUT2D eigenvalue weighted by Crippen LogP contribution is -2.61. The number of hydrogen-bond acceptors (Lipinski definition) is 14. The van der Waals surface area contributed by atoms with E-state index in [1.807, 2.05) is 0 Å². The molecule has 3 aliphatic rings. The monoisotopic (exact) mass is 444 g/mol. The predicted molar refractivity (Wildman–Crippen MR) is 89.2 cm³/mol. The third-order valence-electron chi connectivity index (χ3n) is 5.31. The molecule has 0 aromatic heterocycles. The van der Waals surface area contributed by atoms with Gasteiger partial charge >= 0.3 is 0 Å². The molecule has 0 aromatic rings. The summed E-state index contributed by atoms with van der Waals surface area (Å²) in [6.45, 7) is -1.08. The topological polar surface area (TPSA) is 228 Å². The van der Waals surface area contributed by atoms with Crippen LogP contribution in [0.4, 0.5) is 0 Å². The van der Waals surface area contributed by atoms with Gasteiger partial charge in [0.2, 0.25) is 0 Å². The first-order valence-corrected chi connectivity index (χ1v) is 9.40. The standard InChI is InChI=1S/C16H28O14/c17-4-1-26-16(12(23)7(4)18)30-6-3-28-15(13(24)9(6)20)27-2-5-8(19)10(21)11(22)14(25)29-5/h4-25H,1-3H2/t4-,5-,6-,7+,8-,9+,10+,11-,12-,13-,14?,15+,16-/m1/s1. The molecule has 14 heteroatoms. The van der Waals surface area contributed by atoms with E-state index >= 15 is 0 Å². The fraction of sp³-hybridized carbons (Fsp3) is 1.00. The molecule has 3 saturated heterocycles. The molecule has 30 heavy (non-hydrogen) atoms. The highest BCUT2D eigenvalue weighted by Gasteiger charge is 2.47. The average molecular weight is 444 g/mol. The first-order chi connectivity index (χ1) is 14.1. The summed E-state index contributed by atoms with van der Waals surface area (Å²) in [6, 6.07) is 0. The molecule has 0 saturated carbocycles. The van der Waals surface area contributed by atoms with Gasteiger partial charge in [-0.15, -0.1) is 0 Å². The van der Waals surface area contributed by atoms with E-state index < -0.39 is 86.5 Å². The largest absolute Gasteiger partial charge is 0.388 e. The molecule has 3 aliphatic heterocycles. The maximum absolute atomic E-state index is 10.3. The number of rotatable bonds is 5. The second kappa shape index (κ2) is 9.93. The van der Waals surface area contributed by atoms with Gasteiger partial charge in [0.05, 0.1) is 19.8 Å². The highest BCUT2D eigenvalue weighted by atomic mass is 16.7. The van der Waals surface area contributed by atoms with E-state index in [1.165, 1.54) is 0 Å². The minimum absolute atomic E-state index is 0.309. The Morgan fingerprint density at radius 3 is 1.97 bits per heavy atom. The lowest BCUT2D eigenvalue weighted by atomic mass is 9.99. The molecule has 3 fully saturated rings. The Labute approximate surface area is 170 Å². The van der Waals surface area contributed by atoms with Crippen molar-refractivity contribution in [3.05, 3.63) is 0 Å². The summed E-state index contributed by atoms with van der Waals surface area (Å²) in [5, 5.41) is 88.0. The van der Waals surface area contributed by atoms with E-state index in [2.05, 4.69) is 0 Å². The van der Waals surface area contributed by atoms with Crippen LogP contribution in [0.3, 0.4) is 0 Å². The molecule has 9 N–H and O–H groups in total.